The minimum Gasteiger partial charge on any atom is -0.278 e. The smallest absolute Gasteiger partial charge is 0.146 e. The van der Waals surface area contributed by atoms with Crippen LogP contribution in [0.1, 0.15) is 6.92 Å². The molecule has 1 aliphatic heterocycles. The normalized spacial score (nSPS) is 38.4. The molecule has 0 spiro atoms. The van der Waals surface area contributed by atoms with Gasteiger partial charge in [-0.3, -0.25) is 5.01 Å². The molecule has 0 aromatic carbocycles. The third-order valence-corrected chi connectivity index (χ3v) is 1.82. The Kier molecular flexibility index (Phi) is 0.885. The Hall–Kier alpha value is -0.0500. The summed E-state index contributed by atoms with van der Waals surface area (Å²) in [6.07, 6.45) is 1.85. The lowest BCUT2D eigenvalue weighted by molar-refractivity contribution is 0.267. The van der Waals surface area contributed by atoms with E-state index in [-0.39, 0.29) is 4.45 Å². The molecule has 0 saturated heterocycles. The molecule has 0 N–H and O–H groups in total. The monoisotopic (exact) mass is 162 g/mol. The zero-order valence-corrected chi connectivity index (χ0v) is 5.94. The average molecular weight is 163 g/mol. The van der Waals surface area contributed by atoms with Crippen molar-refractivity contribution in [3.05, 3.63) is 0 Å². The number of alkyl halides is 1. The first-order chi connectivity index (χ1) is 3.13. The molecule has 1 unspecified atom stereocenters. The Morgan fingerprint density at radius 1 is 1.86 bits per heavy atom. The van der Waals surface area contributed by atoms with E-state index in [1.165, 1.54) is 0 Å². The van der Waals surface area contributed by atoms with Crippen molar-refractivity contribution >= 4 is 22.1 Å². The third-order valence-electron chi connectivity index (χ3n) is 1.10. The van der Waals surface area contributed by atoms with Crippen molar-refractivity contribution in [3.63, 3.8) is 0 Å². The Morgan fingerprint density at radius 3 is 2.29 bits per heavy atom. The fourth-order valence-electron chi connectivity index (χ4n) is 0.332. The third kappa shape index (κ3) is 0.650. The van der Waals surface area contributed by atoms with E-state index in [0.717, 1.165) is 0 Å². The van der Waals surface area contributed by atoms with Gasteiger partial charge in [-0.15, -0.1) is 0 Å². The minimum atomic E-state index is 0.0347. The van der Waals surface area contributed by atoms with E-state index in [9.17, 15) is 0 Å². The molecule has 3 heteroatoms. The maximum absolute atomic E-state index is 3.88. The summed E-state index contributed by atoms with van der Waals surface area (Å²) >= 11 is 3.41. The maximum atomic E-state index is 3.88. The molecule has 0 bridgehead atoms. The average Bonchev–Trinajstić information content (AvgIpc) is 1.63. The van der Waals surface area contributed by atoms with Gasteiger partial charge in [-0.1, -0.05) is 15.9 Å². The molecule has 0 aromatic heterocycles. The molecule has 0 fully saturated rings. The second kappa shape index (κ2) is 1.22. The van der Waals surface area contributed by atoms with Crippen LogP contribution in [0.15, 0.2) is 5.10 Å². The Morgan fingerprint density at radius 2 is 2.29 bits per heavy atom. The lowest BCUT2D eigenvalue weighted by Gasteiger charge is -2.35. The van der Waals surface area contributed by atoms with Gasteiger partial charge >= 0.3 is 0 Å². The van der Waals surface area contributed by atoms with Gasteiger partial charge in [0.1, 0.15) is 4.45 Å². The van der Waals surface area contributed by atoms with E-state index >= 15 is 0 Å². The van der Waals surface area contributed by atoms with Gasteiger partial charge in [-0.25, -0.2) is 0 Å². The van der Waals surface area contributed by atoms with E-state index in [2.05, 4.69) is 21.0 Å². The molecule has 1 rings (SSSR count). The van der Waals surface area contributed by atoms with Gasteiger partial charge in [0.2, 0.25) is 0 Å². The summed E-state index contributed by atoms with van der Waals surface area (Å²) in [4.78, 5) is 0. The molecule has 40 valence electrons. The van der Waals surface area contributed by atoms with E-state index < -0.39 is 0 Å². The highest BCUT2D eigenvalue weighted by Gasteiger charge is 2.29. The van der Waals surface area contributed by atoms with Gasteiger partial charge in [0, 0.05) is 7.05 Å². The summed E-state index contributed by atoms with van der Waals surface area (Å²) in [7, 11) is 1.93. The van der Waals surface area contributed by atoms with Crippen LogP contribution in [0.25, 0.3) is 0 Å². The van der Waals surface area contributed by atoms with Crippen LogP contribution in [0.2, 0.25) is 0 Å². The quantitative estimate of drug-likeness (QED) is 0.384. The lowest BCUT2D eigenvalue weighted by atomic mass is 10.3. The predicted octanol–water partition coefficient (Wildman–Crippen LogP) is 1.03. The summed E-state index contributed by atoms with van der Waals surface area (Å²) in [5.74, 6) is 0. The number of nitrogens with zero attached hydrogens (tertiary/aromatic N) is 2. The lowest BCUT2D eigenvalue weighted by Crippen LogP contribution is -2.44. The van der Waals surface area contributed by atoms with Crippen LogP contribution in [0.3, 0.4) is 0 Å². The van der Waals surface area contributed by atoms with Crippen LogP contribution in [0, 0.1) is 0 Å². The topological polar surface area (TPSA) is 15.6 Å². The molecule has 0 aromatic rings. The van der Waals surface area contributed by atoms with E-state index in [1.54, 1.807) is 0 Å². The molecule has 2 nitrogen and oxygen atoms in total. The summed E-state index contributed by atoms with van der Waals surface area (Å²) in [5, 5.41) is 5.74. The van der Waals surface area contributed by atoms with Crippen molar-refractivity contribution in [2.45, 2.75) is 11.4 Å². The van der Waals surface area contributed by atoms with Gasteiger partial charge in [0.05, 0.1) is 6.21 Å². The molecule has 0 saturated carbocycles. The van der Waals surface area contributed by atoms with Crippen molar-refractivity contribution in [1.82, 2.24) is 5.01 Å². The molecule has 1 atom stereocenters. The van der Waals surface area contributed by atoms with Crippen LogP contribution < -0.4 is 0 Å². The number of hydrogen-bond acceptors (Lipinski definition) is 2. The highest BCUT2D eigenvalue weighted by Crippen LogP contribution is 2.25. The Balaban J connectivity index is 2.64. The summed E-state index contributed by atoms with van der Waals surface area (Å²) in [6.45, 7) is 2.04. The van der Waals surface area contributed by atoms with Gasteiger partial charge in [-0.05, 0) is 6.92 Å². The highest BCUT2D eigenvalue weighted by molar-refractivity contribution is 9.10. The number of rotatable bonds is 0. The zero-order chi connectivity index (χ0) is 5.49. The van der Waals surface area contributed by atoms with E-state index in [4.69, 9.17) is 0 Å². The maximum Gasteiger partial charge on any atom is 0.146 e. The summed E-state index contributed by atoms with van der Waals surface area (Å²) < 4.78 is 0.0347. The molecule has 1 heterocycles. The summed E-state index contributed by atoms with van der Waals surface area (Å²) in [5.41, 5.74) is 0. The largest absolute Gasteiger partial charge is 0.278 e. The zero-order valence-electron chi connectivity index (χ0n) is 4.35. The second-order valence-electron chi connectivity index (χ2n) is 1.79. The number of hydrazone groups is 1. The highest BCUT2D eigenvalue weighted by atomic mass is 79.9. The first kappa shape index (κ1) is 5.09. The van der Waals surface area contributed by atoms with Crippen LogP contribution in [0.5, 0.6) is 0 Å². The van der Waals surface area contributed by atoms with Gasteiger partial charge in [0.25, 0.3) is 0 Å². The standard InChI is InChI=1S/C4H7BrN2/c1-4(5)3-6-7(4)2/h3H,1-2H3. The Labute approximate surface area is 51.3 Å². The predicted molar refractivity (Wildman–Crippen MR) is 33.6 cm³/mol. The first-order valence-corrected chi connectivity index (χ1v) is 2.90. The van der Waals surface area contributed by atoms with Crippen LogP contribution in [-0.2, 0) is 0 Å². The van der Waals surface area contributed by atoms with Gasteiger partial charge in [0.15, 0.2) is 0 Å². The minimum absolute atomic E-state index is 0.0347. The Bertz CT molecular complexity index is 108. The van der Waals surface area contributed by atoms with Gasteiger partial charge in [-0.2, -0.15) is 5.10 Å². The molecule has 0 aliphatic carbocycles. The van der Waals surface area contributed by atoms with E-state index in [0.29, 0.717) is 0 Å². The van der Waals surface area contributed by atoms with Crippen LogP contribution >= 0.6 is 15.9 Å². The molecular weight excluding hydrogens is 156 g/mol. The summed E-state index contributed by atoms with van der Waals surface area (Å²) in [6, 6.07) is 0. The molecule has 0 amide bonds. The van der Waals surface area contributed by atoms with Crippen molar-refractivity contribution in [3.8, 4) is 0 Å². The SMILES string of the molecule is CN1N=CC1(C)Br. The molecular formula is C4H7BrN2. The molecule has 0 radical (unpaired) electrons. The van der Waals surface area contributed by atoms with E-state index in [1.807, 2.05) is 25.2 Å². The number of halogens is 1. The molecule has 1 aliphatic rings. The first-order valence-electron chi connectivity index (χ1n) is 2.11. The second-order valence-corrected chi connectivity index (χ2v) is 3.40. The van der Waals surface area contributed by atoms with Crippen molar-refractivity contribution in [2.75, 3.05) is 7.05 Å². The number of hydrogen-bond donors (Lipinski definition) is 0. The van der Waals surface area contributed by atoms with Gasteiger partial charge < -0.3 is 0 Å². The molecule has 7 heavy (non-hydrogen) atoms. The van der Waals surface area contributed by atoms with Crippen molar-refractivity contribution in [1.29, 1.82) is 0 Å². The van der Waals surface area contributed by atoms with Crippen LogP contribution in [-0.4, -0.2) is 22.7 Å². The fraction of sp³-hybridized carbons (Fsp3) is 0.750. The van der Waals surface area contributed by atoms with Crippen molar-refractivity contribution < 1.29 is 0 Å². The van der Waals surface area contributed by atoms with Crippen molar-refractivity contribution in [2.24, 2.45) is 5.10 Å². The fourth-order valence-corrected chi connectivity index (χ4v) is 0.515. The van der Waals surface area contributed by atoms with Crippen LogP contribution in [0.4, 0.5) is 0 Å².